The number of hydrogen-bond acceptors (Lipinski definition) is 4. The van der Waals surface area contributed by atoms with Crippen molar-refractivity contribution < 1.29 is 19.1 Å². The molecule has 0 radical (unpaired) electrons. The van der Waals surface area contributed by atoms with Crippen LogP contribution in [0.1, 0.15) is 54.4 Å². The van der Waals surface area contributed by atoms with E-state index >= 15 is 0 Å². The average Bonchev–Trinajstić information content (AvgIpc) is 2.68. The van der Waals surface area contributed by atoms with Gasteiger partial charge in [0.15, 0.2) is 8.32 Å². The van der Waals surface area contributed by atoms with Crippen LogP contribution in [-0.2, 0) is 9.16 Å². The summed E-state index contributed by atoms with van der Waals surface area (Å²) in [6.45, 7) is 17.3. The van der Waals surface area contributed by atoms with Gasteiger partial charge in [0.05, 0.1) is 6.10 Å². The number of amides is 1. The van der Waals surface area contributed by atoms with Crippen molar-refractivity contribution in [3.63, 3.8) is 0 Å². The van der Waals surface area contributed by atoms with E-state index in [1.165, 1.54) is 0 Å². The molecule has 0 aromatic heterocycles. The first-order valence-corrected chi connectivity index (χ1v) is 11.5. The lowest BCUT2D eigenvalue weighted by molar-refractivity contribution is 0.0195. The fourth-order valence-electron chi connectivity index (χ4n) is 2.52. The third kappa shape index (κ3) is 5.76. The molecule has 1 aliphatic heterocycles. The summed E-state index contributed by atoms with van der Waals surface area (Å²) < 4.78 is 12.0. The number of carbonyl (C=O) groups excluding carboxylic acids is 1. The van der Waals surface area contributed by atoms with Crippen LogP contribution in [0.25, 0.3) is 0 Å². The highest BCUT2D eigenvalue weighted by atomic mass is 28.4. The van der Waals surface area contributed by atoms with Crippen LogP contribution in [0, 0.1) is 0 Å². The average molecular weight is 346 g/mol. The van der Waals surface area contributed by atoms with Crippen LogP contribution < -0.4 is 0 Å². The van der Waals surface area contributed by atoms with E-state index < -0.39 is 13.9 Å². The molecule has 1 amide bonds. The number of rotatable bonds is 4. The van der Waals surface area contributed by atoms with E-state index in [0.29, 0.717) is 13.0 Å². The summed E-state index contributed by atoms with van der Waals surface area (Å²) in [5.74, 6) is 0. The molecule has 136 valence electrons. The fourth-order valence-corrected chi connectivity index (χ4v) is 3.88. The Balaban J connectivity index is 2.80. The smallest absolute Gasteiger partial charge is 0.410 e. The molecule has 0 spiro atoms. The summed E-state index contributed by atoms with van der Waals surface area (Å²) >= 11 is 0. The second kappa shape index (κ2) is 7.11. The molecule has 1 aliphatic rings. The molecule has 2 atom stereocenters. The third-order valence-electron chi connectivity index (χ3n) is 4.73. The first-order chi connectivity index (χ1) is 10.3. The SMILES string of the molecule is CC(C)(C)OC(=O)N1C[C@H](O[Si](C)(C)C(C)(C)C)C[C@@H]1CCO. The highest BCUT2D eigenvalue weighted by Crippen LogP contribution is 2.39. The zero-order chi connectivity index (χ0) is 18.1. The van der Waals surface area contributed by atoms with Crippen molar-refractivity contribution in [2.75, 3.05) is 13.2 Å². The molecular weight excluding hydrogens is 310 g/mol. The van der Waals surface area contributed by atoms with Crippen LogP contribution in [0.15, 0.2) is 0 Å². The van der Waals surface area contributed by atoms with Crippen LogP contribution in [0.5, 0.6) is 0 Å². The maximum absolute atomic E-state index is 12.4. The predicted molar refractivity (Wildman–Crippen MR) is 95.1 cm³/mol. The minimum absolute atomic E-state index is 0.00961. The van der Waals surface area contributed by atoms with Crippen molar-refractivity contribution in [1.29, 1.82) is 0 Å². The number of aliphatic hydroxyl groups is 1. The van der Waals surface area contributed by atoms with Crippen molar-refractivity contribution in [2.45, 2.75) is 90.3 Å². The van der Waals surface area contributed by atoms with Crippen LogP contribution in [0.3, 0.4) is 0 Å². The number of likely N-dealkylation sites (tertiary alicyclic amines) is 1. The topological polar surface area (TPSA) is 59.0 Å². The Hall–Kier alpha value is -0.593. The van der Waals surface area contributed by atoms with Crippen molar-refractivity contribution >= 4 is 14.4 Å². The van der Waals surface area contributed by atoms with Gasteiger partial charge >= 0.3 is 6.09 Å². The summed E-state index contributed by atoms with van der Waals surface area (Å²) in [6.07, 6.45) is 1.06. The molecule has 0 aliphatic carbocycles. The number of aliphatic hydroxyl groups excluding tert-OH is 1. The van der Waals surface area contributed by atoms with Crippen molar-refractivity contribution in [1.82, 2.24) is 4.90 Å². The van der Waals surface area contributed by atoms with Gasteiger partial charge in [-0.15, -0.1) is 0 Å². The van der Waals surface area contributed by atoms with E-state index in [9.17, 15) is 9.90 Å². The number of hydrogen-bond donors (Lipinski definition) is 1. The molecule has 1 fully saturated rings. The maximum Gasteiger partial charge on any atom is 0.410 e. The molecule has 23 heavy (non-hydrogen) atoms. The molecule has 0 saturated carbocycles. The molecule has 5 nitrogen and oxygen atoms in total. The zero-order valence-electron chi connectivity index (χ0n) is 16.1. The lowest BCUT2D eigenvalue weighted by Crippen LogP contribution is -2.45. The first-order valence-electron chi connectivity index (χ1n) is 8.55. The first kappa shape index (κ1) is 20.5. The van der Waals surface area contributed by atoms with Crippen LogP contribution >= 0.6 is 0 Å². The van der Waals surface area contributed by atoms with Crippen molar-refractivity contribution in [2.24, 2.45) is 0 Å². The second-order valence-corrected chi connectivity index (χ2v) is 13.8. The normalized spacial score (nSPS) is 23.3. The molecular formula is C17H35NO4Si. The summed E-state index contributed by atoms with van der Waals surface area (Å²) in [6, 6.07) is -0.00961. The Morgan fingerprint density at radius 1 is 1.22 bits per heavy atom. The van der Waals surface area contributed by atoms with Crippen LogP contribution in [-0.4, -0.2) is 55.3 Å². The Bertz CT molecular complexity index is 412. The maximum atomic E-state index is 12.4. The Kier molecular flexibility index (Phi) is 6.32. The van der Waals surface area contributed by atoms with E-state index in [4.69, 9.17) is 9.16 Å². The minimum Gasteiger partial charge on any atom is -0.444 e. The Morgan fingerprint density at radius 2 is 1.78 bits per heavy atom. The minimum atomic E-state index is -1.87. The summed E-state index contributed by atoms with van der Waals surface area (Å²) in [7, 11) is -1.87. The Morgan fingerprint density at radius 3 is 2.22 bits per heavy atom. The van der Waals surface area contributed by atoms with Gasteiger partial charge in [0.25, 0.3) is 0 Å². The summed E-state index contributed by atoms with van der Waals surface area (Å²) in [5, 5.41) is 9.43. The molecule has 0 bridgehead atoms. The third-order valence-corrected chi connectivity index (χ3v) is 9.27. The predicted octanol–water partition coefficient (Wildman–Crippen LogP) is 3.77. The van der Waals surface area contributed by atoms with E-state index in [0.717, 1.165) is 6.42 Å². The van der Waals surface area contributed by atoms with Gasteiger partial charge in [0, 0.05) is 19.2 Å². The van der Waals surface area contributed by atoms with Gasteiger partial charge in [0.1, 0.15) is 5.60 Å². The molecule has 0 aromatic carbocycles. The molecule has 1 rings (SSSR count). The number of nitrogens with zero attached hydrogens (tertiary/aromatic N) is 1. The van der Waals surface area contributed by atoms with Gasteiger partial charge in [-0.25, -0.2) is 4.79 Å². The van der Waals surface area contributed by atoms with E-state index in [1.807, 2.05) is 20.8 Å². The Labute approximate surface area is 142 Å². The standard InChI is InChI=1S/C17H35NO4Si/c1-16(2,3)21-15(20)18-12-14(11-13(18)9-10-19)22-23(7,8)17(4,5)6/h13-14,19H,9-12H2,1-8H3/t13-,14+/m0/s1. The lowest BCUT2D eigenvalue weighted by atomic mass is 10.1. The van der Waals surface area contributed by atoms with E-state index in [1.54, 1.807) is 4.90 Å². The van der Waals surface area contributed by atoms with E-state index in [-0.39, 0.29) is 29.9 Å². The largest absolute Gasteiger partial charge is 0.444 e. The molecule has 1 heterocycles. The highest BCUT2D eigenvalue weighted by molar-refractivity contribution is 6.74. The number of ether oxygens (including phenoxy) is 1. The van der Waals surface area contributed by atoms with Gasteiger partial charge in [-0.05, 0) is 51.7 Å². The van der Waals surface area contributed by atoms with Gasteiger partial charge in [-0.2, -0.15) is 0 Å². The van der Waals surface area contributed by atoms with Crippen LogP contribution in [0.4, 0.5) is 4.79 Å². The molecule has 1 saturated heterocycles. The summed E-state index contributed by atoms with van der Waals surface area (Å²) in [5.41, 5.74) is -0.515. The highest BCUT2D eigenvalue weighted by Gasteiger charge is 2.44. The monoisotopic (exact) mass is 345 g/mol. The van der Waals surface area contributed by atoms with Gasteiger partial charge in [0.2, 0.25) is 0 Å². The molecule has 0 aromatic rings. The van der Waals surface area contributed by atoms with Gasteiger partial charge in [-0.1, -0.05) is 20.8 Å². The number of carbonyl (C=O) groups is 1. The summed E-state index contributed by atoms with van der Waals surface area (Å²) in [4.78, 5) is 14.2. The van der Waals surface area contributed by atoms with Crippen molar-refractivity contribution in [3.8, 4) is 0 Å². The quantitative estimate of drug-likeness (QED) is 0.788. The fraction of sp³-hybridized carbons (Fsp3) is 0.941. The molecule has 1 N–H and O–H groups in total. The van der Waals surface area contributed by atoms with Gasteiger partial charge < -0.3 is 19.2 Å². The van der Waals surface area contributed by atoms with Crippen molar-refractivity contribution in [3.05, 3.63) is 0 Å². The zero-order valence-corrected chi connectivity index (χ0v) is 17.1. The van der Waals surface area contributed by atoms with Gasteiger partial charge in [-0.3, -0.25) is 0 Å². The second-order valence-electron chi connectivity index (χ2n) is 9.03. The molecule has 0 unspecified atom stereocenters. The van der Waals surface area contributed by atoms with E-state index in [2.05, 4.69) is 33.9 Å². The lowest BCUT2D eigenvalue weighted by Gasteiger charge is -2.38. The molecule has 6 heteroatoms. The van der Waals surface area contributed by atoms with Crippen LogP contribution in [0.2, 0.25) is 18.1 Å².